The second kappa shape index (κ2) is 8.84. The predicted octanol–water partition coefficient (Wildman–Crippen LogP) is 5.70. The van der Waals surface area contributed by atoms with E-state index in [0.717, 1.165) is 32.4 Å². The summed E-state index contributed by atoms with van der Waals surface area (Å²) >= 11 is 3.33. The zero-order chi connectivity index (χ0) is 20.2. The lowest BCUT2D eigenvalue weighted by Crippen LogP contribution is -2.26. The van der Waals surface area contributed by atoms with Crippen molar-refractivity contribution in [3.05, 3.63) is 83.9 Å². The molecule has 0 saturated heterocycles. The summed E-state index contributed by atoms with van der Waals surface area (Å²) in [6.45, 7) is 0. The zero-order valence-corrected chi connectivity index (χ0v) is 17.8. The minimum Gasteiger partial charge on any atom is -0.497 e. The van der Waals surface area contributed by atoms with Gasteiger partial charge in [0.25, 0.3) is 5.91 Å². The fraction of sp³-hybridized carbons (Fsp3) is 0.174. The highest BCUT2D eigenvalue weighted by atomic mass is 32.2. The number of ether oxygens (including phenoxy) is 2. The van der Waals surface area contributed by atoms with Gasteiger partial charge in [0.05, 0.1) is 20.1 Å². The van der Waals surface area contributed by atoms with Crippen molar-refractivity contribution in [2.24, 2.45) is 0 Å². The van der Waals surface area contributed by atoms with Crippen molar-refractivity contribution in [3.8, 4) is 11.5 Å². The number of rotatable bonds is 7. The van der Waals surface area contributed by atoms with Crippen LogP contribution in [0.1, 0.15) is 21.3 Å². The first-order chi connectivity index (χ1) is 14.2. The lowest BCUT2D eigenvalue weighted by Gasteiger charge is -2.24. The van der Waals surface area contributed by atoms with Crippen molar-refractivity contribution >= 4 is 29.4 Å². The number of carbonyl (C=O) groups excluding carboxylic acids is 1. The van der Waals surface area contributed by atoms with Gasteiger partial charge in [0.1, 0.15) is 16.9 Å². The maximum atomic E-state index is 13.1. The van der Waals surface area contributed by atoms with Crippen molar-refractivity contribution in [2.45, 2.75) is 15.2 Å². The van der Waals surface area contributed by atoms with E-state index in [1.165, 1.54) is 0 Å². The van der Waals surface area contributed by atoms with Gasteiger partial charge < -0.3 is 14.4 Å². The third-order valence-corrected chi connectivity index (χ3v) is 7.03. The van der Waals surface area contributed by atoms with Crippen LogP contribution in [0, 0.1) is 0 Å². The highest BCUT2D eigenvalue weighted by molar-refractivity contribution is 8.00. The largest absolute Gasteiger partial charge is 0.497 e. The van der Waals surface area contributed by atoms with Crippen LogP contribution in [0.5, 0.6) is 11.5 Å². The van der Waals surface area contributed by atoms with Gasteiger partial charge >= 0.3 is 0 Å². The molecule has 1 amide bonds. The van der Waals surface area contributed by atoms with Crippen LogP contribution in [0.25, 0.3) is 0 Å². The molecule has 1 aliphatic heterocycles. The molecular formula is C23H21NO3S2. The summed E-state index contributed by atoms with van der Waals surface area (Å²) in [6.07, 6.45) is 0. The molecule has 1 aliphatic rings. The molecule has 0 N–H and O–H groups in total. The number of nitrogens with zero attached hydrogens (tertiary/aromatic N) is 1. The van der Waals surface area contributed by atoms with Gasteiger partial charge in [0.15, 0.2) is 0 Å². The first kappa shape index (κ1) is 19.7. The first-order valence-corrected chi connectivity index (χ1v) is 11.0. The summed E-state index contributed by atoms with van der Waals surface area (Å²) in [7, 11) is 3.31. The minimum absolute atomic E-state index is 0.0576. The van der Waals surface area contributed by atoms with Crippen LogP contribution < -0.4 is 9.47 Å². The Labute approximate surface area is 179 Å². The maximum absolute atomic E-state index is 13.1. The van der Waals surface area contributed by atoms with E-state index in [-0.39, 0.29) is 11.3 Å². The van der Waals surface area contributed by atoms with Gasteiger partial charge in [0, 0.05) is 15.4 Å². The topological polar surface area (TPSA) is 38.8 Å². The van der Waals surface area contributed by atoms with Crippen molar-refractivity contribution in [1.29, 1.82) is 0 Å². The molecule has 0 bridgehead atoms. The molecule has 4 nitrogen and oxygen atoms in total. The predicted molar refractivity (Wildman–Crippen MR) is 118 cm³/mol. The number of thioether (sulfide) groups is 2. The Morgan fingerprint density at radius 3 is 2.03 bits per heavy atom. The number of hydrogen-bond donors (Lipinski definition) is 0. The normalized spacial score (nSPS) is 15.3. The van der Waals surface area contributed by atoms with E-state index in [9.17, 15) is 4.79 Å². The van der Waals surface area contributed by atoms with E-state index in [2.05, 4.69) is 0 Å². The van der Waals surface area contributed by atoms with Gasteiger partial charge in [0.2, 0.25) is 0 Å². The SMILES string of the molecule is COc1ccc(SCN2C(=O)c3ccccc3C2Sc2ccc(OC)cc2)cc1. The summed E-state index contributed by atoms with van der Waals surface area (Å²) < 4.78 is 10.5. The average Bonchev–Trinajstić information content (AvgIpc) is 3.04. The minimum atomic E-state index is -0.0576. The van der Waals surface area contributed by atoms with E-state index in [0.29, 0.717) is 5.88 Å². The average molecular weight is 424 g/mol. The molecule has 1 atom stereocenters. The molecule has 4 rings (SSSR count). The molecule has 3 aromatic rings. The third kappa shape index (κ3) is 4.23. The standard InChI is InChI=1S/C23H21NO3S2/c1-26-16-7-11-18(12-8-16)28-15-24-22(25)20-5-3-4-6-21(20)23(24)29-19-13-9-17(27-2)10-14-19/h3-14,23H,15H2,1-2H3. The monoisotopic (exact) mass is 423 g/mol. The molecule has 3 aromatic carbocycles. The van der Waals surface area contributed by atoms with Crippen LogP contribution in [0.2, 0.25) is 0 Å². The second-order valence-electron chi connectivity index (χ2n) is 6.46. The van der Waals surface area contributed by atoms with Crippen LogP contribution >= 0.6 is 23.5 Å². The number of amides is 1. The lowest BCUT2D eigenvalue weighted by molar-refractivity contribution is 0.0804. The molecular weight excluding hydrogens is 402 g/mol. The van der Waals surface area contributed by atoms with E-state index < -0.39 is 0 Å². The molecule has 6 heteroatoms. The van der Waals surface area contributed by atoms with Crippen molar-refractivity contribution in [3.63, 3.8) is 0 Å². The summed E-state index contributed by atoms with van der Waals surface area (Å²) in [5.41, 5.74) is 1.85. The van der Waals surface area contributed by atoms with Gasteiger partial charge in [-0.3, -0.25) is 4.79 Å². The molecule has 1 unspecified atom stereocenters. The molecule has 1 heterocycles. The lowest BCUT2D eigenvalue weighted by atomic mass is 10.1. The van der Waals surface area contributed by atoms with E-state index in [1.54, 1.807) is 37.7 Å². The van der Waals surface area contributed by atoms with Gasteiger partial charge in [-0.05, 0) is 60.2 Å². The summed E-state index contributed by atoms with van der Waals surface area (Å²) in [4.78, 5) is 17.2. The fourth-order valence-corrected chi connectivity index (χ4v) is 5.35. The molecule has 0 fully saturated rings. The first-order valence-electron chi connectivity index (χ1n) is 9.17. The Kier molecular flexibility index (Phi) is 6.02. The molecule has 0 aliphatic carbocycles. The summed E-state index contributed by atoms with van der Waals surface area (Å²) in [6, 6.07) is 23.7. The molecule has 0 spiro atoms. The second-order valence-corrected chi connectivity index (χ2v) is 8.63. The Morgan fingerprint density at radius 1 is 0.828 bits per heavy atom. The van der Waals surface area contributed by atoms with Gasteiger partial charge in [-0.15, -0.1) is 11.8 Å². The number of carbonyl (C=O) groups is 1. The van der Waals surface area contributed by atoms with E-state index in [4.69, 9.17) is 9.47 Å². The quantitative estimate of drug-likeness (QED) is 0.456. The number of hydrogen-bond acceptors (Lipinski definition) is 5. The maximum Gasteiger partial charge on any atom is 0.256 e. The fourth-order valence-electron chi connectivity index (χ4n) is 3.19. The third-order valence-electron chi connectivity index (χ3n) is 4.74. The van der Waals surface area contributed by atoms with Crippen LogP contribution in [0.3, 0.4) is 0 Å². The molecule has 29 heavy (non-hydrogen) atoms. The Hall–Kier alpha value is -2.57. The van der Waals surface area contributed by atoms with E-state index in [1.807, 2.05) is 77.7 Å². The molecule has 0 saturated carbocycles. The van der Waals surface area contributed by atoms with Crippen molar-refractivity contribution in [1.82, 2.24) is 4.90 Å². The van der Waals surface area contributed by atoms with Crippen LogP contribution in [0.15, 0.2) is 82.6 Å². The van der Waals surface area contributed by atoms with Crippen molar-refractivity contribution < 1.29 is 14.3 Å². The van der Waals surface area contributed by atoms with Gasteiger partial charge in [-0.2, -0.15) is 0 Å². The van der Waals surface area contributed by atoms with Crippen molar-refractivity contribution in [2.75, 3.05) is 20.1 Å². The highest BCUT2D eigenvalue weighted by Crippen LogP contribution is 2.46. The van der Waals surface area contributed by atoms with E-state index >= 15 is 0 Å². The molecule has 0 aromatic heterocycles. The smallest absolute Gasteiger partial charge is 0.256 e. The highest BCUT2D eigenvalue weighted by Gasteiger charge is 2.37. The van der Waals surface area contributed by atoms with Crippen LogP contribution in [-0.2, 0) is 0 Å². The van der Waals surface area contributed by atoms with Gasteiger partial charge in [-0.1, -0.05) is 30.0 Å². The number of fused-ring (bicyclic) bond motifs is 1. The number of benzene rings is 3. The Balaban J connectivity index is 1.55. The Bertz CT molecular complexity index is 990. The summed E-state index contributed by atoms with van der Waals surface area (Å²) in [5, 5.41) is -0.0576. The molecule has 0 radical (unpaired) electrons. The zero-order valence-electron chi connectivity index (χ0n) is 16.2. The Morgan fingerprint density at radius 2 is 1.41 bits per heavy atom. The molecule has 148 valence electrons. The van der Waals surface area contributed by atoms with Crippen LogP contribution in [-0.4, -0.2) is 30.9 Å². The van der Waals surface area contributed by atoms with Crippen LogP contribution in [0.4, 0.5) is 0 Å². The number of methoxy groups -OCH3 is 2. The summed E-state index contributed by atoms with van der Waals surface area (Å²) in [5.74, 6) is 2.30. The van der Waals surface area contributed by atoms with Gasteiger partial charge in [-0.25, -0.2) is 0 Å².